The predicted octanol–water partition coefficient (Wildman–Crippen LogP) is 2.85. The number of rotatable bonds is 2. The lowest BCUT2D eigenvalue weighted by atomic mass is 10.1. The SMILES string of the molecule is Cc1ccc2oc(C(=O)N3CCC[C@H]3c3cnn(C)c3)cc2n1. The molecule has 4 heterocycles. The second-order valence-corrected chi connectivity index (χ2v) is 6.05. The summed E-state index contributed by atoms with van der Waals surface area (Å²) in [5, 5.41) is 4.22. The lowest BCUT2D eigenvalue weighted by Gasteiger charge is -2.22. The van der Waals surface area contributed by atoms with Crippen molar-refractivity contribution in [2.24, 2.45) is 7.05 Å². The van der Waals surface area contributed by atoms with Crippen LogP contribution in [-0.4, -0.2) is 32.1 Å². The van der Waals surface area contributed by atoms with Gasteiger partial charge in [0.2, 0.25) is 0 Å². The van der Waals surface area contributed by atoms with E-state index in [1.165, 1.54) is 0 Å². The molecule has 1 fully saturated rings. The van der Waals surface area contributed by atoms with E-state index in [2.05, 4.69) is 10.1 Å². The Morgan fingerprint density at radius 3 is 3.04 bits per heavy atom. The maximum absolute atomic E-state index is 12.9. The molecule has 1 amide bonds. The first kappa shape index (κ1) is 14.0. The Morgan fingerprint density at radius 1 is 1.39 bits per heavy atom. The number of pyridine rings is 1. The maximum Gasteiger partial charge on any atom is 0.290 e. The molecule has 6 nitrogen and oxygen atoms in total. The maximum atomic E-state index is 12.9. The predicted molar refractivity (Wildman–Crippen MR) is 85.0 cm³/mol. The third-order valence-electron chi connectivity index (χ3n) is 4.35. The Bertz CT molecular complexity index is 880. The van der Waals surface area contributed by atoms with Gasteiger partial charge in [0, 0.05) is 37.1 Å². The van der Waals surface area contributed by atoms with Crippen molar-refractivity contribution >= 4 is 17.0 Å². The van der Waals surface area contributed by atoms with Crippen molar-refractivity contribution in [3.63, 3.8) is 0 Å². The fourth-order valence-electron chi connectivity index (χ4n) is 3.24. The summed E-state index contributed by atoms with van der Waals surface area (Å²) >= 11 is 0. The highest BCUT2D eigenvalue weighted by molar-refractivity contribution is 5.95. The van der Waals surface area contributed by atoms with Crippen molar-refractivity contribution in [3.8, 4) is 0 Å². The van der Waals surface area contributed by atoms with Gasteiger partial charge in [0.05, 0.1) is 12.2 Å². The van der Waals surface area contributed by atoms with Gasteiger partial charge in [0.1, 0.15) is 5.52 Å². The number of hydrogen-bond donors (Lipinski definition) is 0. The zero-order valence-corrected chi connectivity index (χ0v) is 13.2. The highest BCUT2D eigenvalue weighted by Crippen LogP contribution is 2.33. The first-order valence-corrected chi connectivity index (χ1v) is 7.78. The van der Waals surface area contributed by atoms with Gasteiger partial charge in [-0.2, -0.15) is 5.10 Å². The minimum atomic E-state index is -0.0768. The van der Waals surface area contributed by atoms with Crippen LogP contribution < -0.4 is 0 Å². The van der Waals surface area contributed by atoms with E-state index in [9.17, 15) is 4.79 Å². The molecule has 1 aliphatic rings. The molecular formula is C17H18N4O2. The Morgan fingerprint density at radius 2 is 2.26 bits per heavy atom. The van der Waals surface area contributed by atoms with Crippen LogP contribution in [-0.2, 0) is 7.05 Å². The highest BCUT2D eigenvalue weighted by Gasteiger charge is 2.33. The van der Waals surface area contributed by atoms with Gasteiger partial charge in [-0.05, 0) is 31.9 Å². The number of furan rings is 1. The van der Waals surface area contributed by atoms with Crippen LogP contribution in [0.1, 0.15) is 40.7 Å². The van der Waals surface area contributed by atoms with Crippen LogP contribution in [0.25, 0.3) is 11.1 Å². The molecule has 3 aromatic rings. The molecule has 0 unspecified atom stereocenters. The van der Waals surface area contributed by atoms with Crippen LogP contribution in [0.4, 0.5) is 0 Å². The summed E-state index contributed by atoms with van der Waals surface area (Å²) in [6.07, 6.45) is 5.75. The van der Waals surface area contributed by atoms with E-state index in [1.54, 1.807) is 10.7 Å². The number of fused-ring (bicyclic) bond motifs is 1. The molecule has 0 saturated carbocycles. The first-order valence-electron chi connectivity index (χ1n) is 7.78. The molecule has 6 heteroatoms. The van der Waals surface area contributed by atoms with E-state index in [0.717, 1.165) is 36.2 Å². The number of carbonyl (C=O) groups excluding carboxylic acids is 1. The van der Waals surface area contributed by atoms with Crippen molar-refractivity contribution < 1.29 is 9.21 Å². The molecule has 0 aromatic carbocycles. The lowest BCUT2D eigenvalue weighted by molar-refractivity contribution is 0.0705. The second-order valence-electron chi connectivity index (χ2n) is 6.05. The monoisotopic (exact) mass is 310 g/mol. The summed E-state index contributed by atoms with van der Waals surface area (Å²) in [6, 6.07) is 5.55. The van der Waals surface area contributed by atoms with E-state index in [-0.39, 0.29) is 11.9 Å². The van der Waals surface area contributed by atoms with Gasteiger partial charge >= 0.3 is 0 Å². The number of carbonyl (C=O) groups is 1. The van der Waals surface area contributed by atoms with Gasteiger partial charge in [-0.15, -0.1) is 0 Å². The number of aromatic nitrogens is 3. The third kappa shape index (κ3) is 2.40. The van der Waals surface area contributed by atoms with Crippen molar-refractivity contribution in [3.05, 3.63) is 47.6 Å². The largest absolute Gasteiger partial charge is 0.449 e. The molecule has 4 rings (SSSR count). The van der Waals surface area contributed by atoms with Gasteiger partial charge < -0.3 is 9.32 Å². The molecule has 0 bridgehead atoms. The number of nitrogens with zero attached hydrogens (tertiary/aromatic N) is 4. The summed E-state index contributed by atoms with van der Waals surface area (Å²) in [5.74, 6) is 0.279. The molecular weight excluding hydrogens is 292 g/mol. The summed E-state index contributed by atoms with van der Waals surface area (Å²) in [5.41, 5.74) is 3.36. The van der Waals surface area contributed by atoms with Gasteiger partial charge in [-0.3, -0.25) is 9.48 Å². The summed E-state index contributed by atoms with van der Waals surface area (Å²) < 4.78 is 7.48. The van der Waals surface area contributed by atoms with Gasteiger partial charge in [-0.1, -0.05) is 0 Å². The van der Waals surface area contributed by atoms with Crippen molar-refractivity contribution in [1.29, 1.82) is 0 Å². The second kappa shape index (κ2) is 5.22. The molecule has 1 saturated heterocycles. The molecule has 0 radical (unpaired) electrons. The third-order valence-corrected chi connectivity index (χ3v) is 4.35. The van der Waals surface area contributed by atoms with E-state index < -0.39 is 0 Å². The van der Waals surface area contributed by atoms with E-state index in [1.807, 2.05) is 43.4 Å². The minimum absolute atomic E-state index is 0.0686. The lowest BCUT2D eigenvalue weighted by Crippen LogP contribution is -2.30. The molecule has 1 aliphatic heterocycles. The van der Waals surface area contributed by atoms with Crippen molar-refractivity contribution in [2.75, 3.05) is 6.54 Å². The summed E-state index contributed by atoms with van der Waals surface area (Å²) in [6.45, 7) is 2.66. The summed E-state index contributed by atoms with van der Waals surface area (Å²) in [7, 11) is 1.89. The molecule has 23 heavy (non-hydrogen) atoms. The first-order chi connectivity index (χ1) is 11.1. The average Bonchev–Trinajstić information content (AvgIpc) is 3.23. The average molecular weight is 310 g/mol. The number of likely N-dealkylation sites (tertiary alicyclic amines) is 1. The van der Waals surface area contributed by atoms with Crippen LogP contribution >= 0.6 is 0 Å². The van der Waals surface area contributed by atoms with E-state index in [0.29, 0.717) is 11.3 Å². The number of amides is 1. The van der Waals surface area contributed by atoms with E-state index >= 15 is 0 Å². The smallest absolute Gasteiger partial charge is 0.290 e. The zero-order valence-electron chi connectivity index (χ0n) is 13.2. The van der Waals surface area contributed by atoms with E-state index in [4.69, 9.17) is 4.42 Å². The zero-order chi connectivity index (χ0) is 16.0. The van der Waals surface area contributed by atoms with Crippen LogP contribution in [0, 0.1) is 6.92 Å². The molecule has 0 aliphatic carbocycles. The molecule has 1 atom stereocenters. The molecule has 0 spiro atoms. The standard InChI is InChI=1S/C17H18N4O2/c1-11-5-6-15-13(19-11)8-16(23-15)17(22)21-7-3-4-14(21)12-9-18-20(2)10-12/h5-6,8-10,14H,3-4,7H2,1-2H3/t14-/m0/s1. The Kier molecular flexibility index (Phi) is 3.18. The van der Waals surface area contributed by atoms with Gasteiger partial charge in [0.15, 0.2) is 11.3 Å². The fourth-order valence-corrected chi connectivity index (χ4v) is 3.24. The van der Waals surface area contributed by atoms with Gasteiger partial charge in [0.25, 0.3) is 5.91 Å². The van der Waals surface area contributed by atoms with Crippen LogP contribution in [0.3, 0.4) is 0 Å². The van der Waals surface area contributed by atoms with Crippen molar-refractivity contribution in [2.45, 2.75) is 25.8 Å². The van der Waals surface area contributed by atoms with Crippen LogP contribution in [0.5, 0.6) is 0 Å². The molecule has 0 N–H and O–H groups in total. The molecule has 118 valence electrons. The Labute approximate surface area is 133 Å². The van der Waals surface area contributed by atoms with Crippen LogP contribution in [0.2, 0.25) is 0 Å². The number of hydrogen-bond acceptors (Lipinski definition) is 4. The number of aryl methyl sites for hydroxylation is 2. The summed E-state index contributed by atoms with van der Waals surface area (Å²) in [4.78, 5) is 19.2. The highest BCUT2D eigenvalue weighted by atomic mass is 16.3. The topological polar surface area (TPSA) is 64.2 Å². The Hall–Kier alpha value is -2.63. The Balaban J connectivity index is 1.66. The molecule has 3 aromatic heterocycles. The van der Waals surface area contributed by atoms with Crippen LogP contribution in [0.15, 0.2) is 35.0 Å². The normalized spacial score (nSPS) is 18.0. The quantitative estimate of drug-likeness (QED) is 0.730. The van der Waals surface area contributed by atoms with Gasteiger partial charge in [-0.25, -0.2) is 4.98 Å². The fraction of sp³-hybridized carbons (Fsp3) is 0.353. The minimum Gasteiger partial charge on any atom is -0.449 e. The van der Waals surface area contributed by atoms with Crippen molar-refractivity contribution in [1.82, 2.24) is 19.7 Å².